The molecular weight excluding hydrogens is 460 g/mol. The summed E-state index contributed by atoms with van der Waals surface area (Å²) in [6.45, 7) is 4.43. The number of carbonyl (C=O) groups excluding carboxylic acids is 1. The number of pyridine rings is 1. The molecule has 1 aliphatic heterocycles. The summed E-state index contributed by atoms with van der Waals surface area (Å²) in [4.78, 5) is 18.5. The first-order chi connectivity index (χ1) is 13.7. The van der Waals surface area contributed by atoms with Crippen LogP contribution in [0, 0.1) is 6.92 Å². The molecule has 0 unspecified atom stereocenters. The molecule has 2 heterocycles. The predicted molar refractivity (Wildman–Crippen MR) is 118 cm³/mol. The van der Waals surface area contributed by atoms with Gasteiger partial charge in [-0.2, -0.15) is 0 Å². The number of rotatable bonds is 4. The molecule has 1 amide bonds. The van der Waals surface area contributed by atoms with Gasteiger partial charge in [-0.3, -0.25) is 5.32 Å². The first-order valence-corrected chi connectivity index (χ1v) is 10.3. The minimum atomic E-state index is -1.67. The fourth-order valence-corrected chi connectivity index (χ4v) is 3.27. The van der Waals surface area contributed by atoms with Gasteiger partial charge in [-0.1, -0.05) is 52.5 Å². The molecule has 1 aromatic heterocycles. The summed E-state index contributed by atoms with van der Waals surface area (Å²) < 4.78 is 8.64. The molecule has 1 N–H and O–H groups in total. The third-order valence-electron chi connectivity index (χ3n) is 4.28. The first kappa shape index (κ1) is 22.2. The summed E-state index contributed by atoms with van der Waals surface area (Å²) in [5.41, 5.74) is 3.35. The predicted octanol–water partition coefficient (Wildman–Crippen LogP) is 5.47. The van der Waals surface area contributed by atoms with E-state index in [1.807, 2.05) is 25.1 Å². The molecule has 3 rings (SSSR count). The number of nitrogens with one attached hydrogen (secondary N) is 1. The van der Waals surface area contributed by atoms with E-state index in [2.05, 4.69) is 15.2 Å². The Hall–Kier alpha value is -1.44. The molecule has 1 fully saturated rings. The van der Waals surface area contributed by atoms with Crippen LogP contribution in [-0.2, 0) is 9.47 Å². The summed E-state index contributed by atoms with van der Waals surface area (Å²) >= 11 is 23.1. The summed E-state index contributed by atoms with van der Waals surface area (Å²) in [7, 11) is 0. The number of hydrogen-bond acceptors (Lipinski definition) is 5. The molecule has 1 saturated heterocycles. The Labute approximate surface area is 189 Å². The Balaban J connectivity index is 1.82. The molecule has 29 heavy (non-hydrogen) atoms. The molecule has 1 aromatic carbocycles. The average Bonchev–Trinajstić information content (AvgIpc) is 2.67. The first-order valence-electron chi connectivity index (χ1n) is 8.83. The van der Waals surface area contributed by atoms with E-state index in [1.165, 1.54) is 0 Å². The molecular formula is C19H19Cl4N3O3. The van der Waals surface area contributed by atoms with Crippen molar-refractivity contribution in [3.05, 3.63) is 41.0 Å². The monoisotopic (exact) mass is 477 g/mol. The fourth-order valence-electron chi connectivity index (χ4n) is 2.91. The van der Waals surface area contributed by atoms with Gasteiger partial charge in [-0.05, 0) is 47.9 Å². The summed E-state index contributed by atoms with van der Waals surface area (Å²) in [5, 5.41) is 3.02. The van der Waals surface area contributed by atoms with Gasteiger partial charge in [-0.15, -0.1) is 0 Å². The third kappa shape index (κ3) is 6.52. The van der Waals surface area contributed by atoms with Crippen molar-refractivity contribution in [2.75, 3.05) is 43.1 Å². The lowest BCUT2D eigenvalue weighted by atomic mass is 10.0. The van der Waals surface area contributed by atoms with Gasteiger partial charge in [0.15, 0.2) is 0 Å². The van der Waals surface area contributed by atoms with Gasteiger partial charge in [0.05, 0.1) is 13.2 Å². The molecule has 0 spiro atoms. The second-order valence-electron chi connectivity index (χ2n) is 6.48. The number of alkyl halides is 3. The third-order valence-corrected chi connectivity index (χ3v) is 4.80. The van der Waals surface area contributed by atoms with Gasteiger partial charge in [0, 0.05) is 18.8 Å². The minimum absolute atomic E-state index is 0.356. The van der Waals surface area contributed by atoms with Crippen molar-refractivity contribution in [1.29, 1.82) is 0 Å². The number of aromatic nitrogens is 1. The van der Waals surface area contributed by atoms with E-state index >= 15 is 0 Å². The lowest BCUT2D eigenvalue weighted by molar-refractivity contribution is 0.122. The lowest BCUT2D eigenvalue weighted by Gasteiger charge is -2.28. The Bertz CT molecular complexity index is 883. The summed E-state index contributed by atoms with van der Waals surface area (Å²) in [5.74, 6) is 0.788. The van der Waals surface area contributed by atoms with Crippen molar-refractivity contribution in [2.24, 2.45) is 0 Å². The van der Waals surface area contributed by atoms with E-state index in [4.69, 9.17) is 55.9 Å². The highest BCUT2D eigenvalue weighted by atomic mass is 35.6. The zero-order valence-corrected chi connectivity index (χ0v) is 18.6. The lowest BCUT2D eigenvalue weighted by Crippen LogP contribution is -2.36. The highest BCUT2D eigenvalue weighted by molar-refractivity contribution is 6.67. The molecule has 6 nitrogen and oxygen atoms in total. The van der Waals surface area contributed by atoms with E-state index in [0.29, 0.717) is 24.1 Å². The molecule has 1 aliphatic rings. The van der Waals surface area contributed by atoms with Crippen molar-refractivity contribution < 1.29 is 14.3 Å². The highest BCUT2D eigenvalue weighted by Crippen LogP contribution is 2.31. The van der Waals surface area contributed by atoms with Crippen LogP contribution >= 0.6 is 46.4 Å². The molecule has 0 saturated carbocycles. The number of nitrogens with zero attached hydrogens (tertiary/aromatic N) is 2. The molecule has 0 aliphatic carbocycles. The van der Waals surface area contributed by atoms with E-state index < -0.39 is 9.89 Å². The van der Waals surface area contributed by atoms with Crippen molar-refractivity contribution >= 4 is 64.0 Å². The number of benzene rings is 1. The minimum Gasteiger partial charge on any atom is -0.445 e. The van der Waals surface area contributed by atoms with Crippen LogP contribution in [0.1, 0.15) is 5.56 Å². The van der Waals surface area contributed by atoms with Gasteiger partial charge in [0.2, 0.25) is 3.79 Å². The second-order valence-corrected chi connectivity index (χ2v) is 9.39. The number of anilines is 2. The van der Waals surface area contributed by atoms with E-state index in [0.717, 1.165) is 35.6 Å². The van der Waals surface area contributed by atoms with Crippen LogP contribution in [0.2, 0.25) is 5.15 Å². The Morgan fingerprint density at radius 2 is 1.97 bits per heavy atom. The maximum Gasteiger partial charge on any atom is 0.411 e. The van der Waals surface area contributed by atoms with Gasteiger partial charge in [-0.25, -0.2) is 9.78 Å². The smallest absolute Gasteiger partial charge is 0.411 e. The molecule has 10 heteroatoms. The molecule has 2 aromatic rings. The van der Waals surface area contributed by atoms with Crippen molar-refractivity contribution in [3.8, 4) is 11.1 Å². The van der Waals surface area contributed by atoms with Gasteiger partial charge in [0.1, 0.15) is 17.6 Å². The second kappa shape index (κ2) is 9.58. The van der Waals surface area contributed by atoms with Crippen molar-refractivity contribution in [1.82, 2.24) is 4.98 Å². The number of amides is 1. The largest absolute Gasteiger partial charge is 0.445 e. The number of morpholine rings is 1. The van der Waals surface area contributed by atoms with Crippen molar-refractivity contribution in [3.63, 3.8) is 0 Å². The van der Waals surface area contributed by atoms with Crippen LogP contribution in [0.15, 0.2) is 30.3 Å². The SMILES string of the molecule is Cc1ccc(NC(=O)OCC(Cl)(Cl)Cl)cc1-c1cc(Cl)nc(N2CCOCC2)c1. The number of aryl methyl sites for hydroxylation is 1. The highest BCUT2D eigenvalue weighted by Gasteiger charge is 2.22. The number of carbonyl (C=O) groups is 1. The standard InChI is InChI=1S/C19H19Cl4N3O3/c1-12-2-3-14(24-18(27)29-11-19(21,22)23)10-15(12)13-8-16(20)25-17(9-13)26-4-6-28-7-5-26/h2-3,8-10H,4-7,11H2,1H3,(H,24,27). The maximum atomic E-state index is 11.9. The number of halogens is 4. The quantitative estimate of drug-likeness (QED) is 0.466. The van der Waals surface area contributed by atoms with Crippen LogP contribution in [0.4, 0.5) is 16.3 Å². The van der Waals surface area contributed by atoms with Crippen LogP contribution in [0.25, 0.3) is 11.1 Å². The van der Waals surface area contributed by atoms with Crippen molar-refractivity contribution in [2.45, 2.75) is 10.7 Å². The number of hydrogen-bond donors (Lipinski definition) is 1. The Morgan fingerprint density at radius 3 is 2.66 bits per heavy atom. The zero-order chi connectivity index (χ0) is 21.0. The Kier molecular flexibility index (Phi) is 7.35. The van der Waals surface area contributed by atoms with Crippen LogP contribution in [0.3, 0.4) is 0 Å². The molecule has 0 atom stereocenters. The van der Waals surface area contributed by atoms with Gasteiger partial charge >= 0.3 is 6.09 Å². The number of ether oxygens (including phenoxy) is 2. The molecule has 0 radical (unpaired) electrons. The fraction of sp³-hybridized carbons (Fsp3) is 0.368. The molecule has 0 bridgehead atoms. The van der Waals surface area contributed by atoms with Gasteiger partial charge in [0.25, 0.3) is 0 Å². The Morgan fingerprint density at radius 1 is 1.24 bits per heavy atom. The molecule has 156 valence electrons. The summed E-state index contributed by atoms with van der Waals surface area (Å²) in [6, 6.07) is 9.26. The topological polar surface area (TPSA) is 63.7 Å². The van der Waals surface area contributed by atoms with Crippen LogP contribution in [0.5, 0.6) is 0 Å². The average molecular weight is 479 g/mol. The van der Waals surface area contributed by atoms with E-state index in [9.17, 15) is 4.79 Å². The van der Waals surface area contributed by atoms with Crippen LogP contribution < -0.4 is 10.2 Å². The van der Waals surface area contributed by atoms with E-state index in [-0.39, 0.29) is 6.61 Å². The van der Waals surface area contributed by atoms with Gasteiger partial charge < -0.3 is 14.4 Å². The zero-order valence-electron chi connectivity index (χ0n) is 15.6. The maximum absolute atomic E-state index is 11.9. The van der Waals surface area contributed by atoms with E-state index in [1.54, 1.807) is 12.1 Å². The normalized spacial score (nSPS) is 14.6. The summed E-state index contributed by atoms with van der Waals surface area (Å²) in [6.07, 6.45) is -0.715. The van der Waals surface area contributed by atoms with Crippen LogP contribution in [-0.4, -0.2) is 47.8 Å².